The van der Waals surface area contributed by atoms with Gasteiger partial charge in [0, 0.05) is 0 Å². The quantitative estimate of drug-likeness (QED) is 0.728. The van der Waals surface area contributed by atoms with Crippen molar-refractivity contribution in [3.8, 4) is 0 Å². The lowest BCUT2D eigenvalue weighted by Crippen LogP contribution is -2.36. The van der Waals surface area contributed by atoms with Gasteiger partial charge < -0.3 is 16.2 Å². The van der Waals surface area contributed by atoms with E-state index in [4.69, 9.17) is 5.73 Å². The fourth-order valence-electron chi connectivity index (χ4n) is 3.31. The molecule has 0 saturated heterocycles. The van der Waals surface area contributed by atoms with Gasteiger partial charge in [0.2, 0.25) is 5.91 Å². The van der Waals surface area contributed by atoms with E-state index in [9.17, 15) is 19.5 Å². The summed E-state index contributed by atoms with van der Waals surface area (Å²) < 4.78 is 0. The summed E-state index contributed by atoms with van der Waals surface area (Å²) in [6.45, 7) is 0. The summed E-state index contributed by atoms with van der Waals surface area (Å²) in [5, 5.41) is 14.0. The molecular weight excluding hydrogens is 292 g/mol. The molecule has 3 rings (SSSR count). The number of hydrogen-bond acceptors (Lipinski definition) is 4. The molecule has 0 radical (unpaired) electrons. The Kier molecular flexibility index (Phi) is 3.29. The monoisotopic (exact) mass is 306 g/mol. The van der Waals surface area contributed by atoms with Crippen molar-refractivity contribution in [1.29, 1.82) is 0 Å². The minimum absolute atomic E-state index is 0.0481. The van der Waals surface area contributed by atoms with Crippen molar-refractivity contribution < 1.29 is 19.5 Å². The molecule has 2 amide bonds. The van der Waals surface area contributed by atoms with E-state index < -0.39 is 23.7 Å². The number of thiophene rings is 1. The summed E-state index contributed by atoms with van der Waals surface area (Å²) in [6.07, 6.45) is 4.49. The molecule has 110 valence electrons. The van der Waals surface area contributed by atoms with Gasteiger partial charge in [0.15, 0.2) is 0 Å². The van der Waals surface area contributed by atoms with Gasteiger partial charge in [0.05, 0.1) is 17.4 Å². The van der Waals surface area contributed by atoms with Crippen molar-refractivity contribution in [2.75, 3.05) is 5.32 Å². The third-order valence-corrected chi connectivity index (χ3v) is 5.04. The zero-order valence-corrected chi connectivity index (χ0v) is 11.8. The molecule has 4 atom stereocenters. The van der Waals surface area contributed by atoms with Crippen molar-refractivity contribution in [3.05, 3.63) is 29.2 Å². The van der Waals surface area contributed by atoms with Gasteiger partial charge in [-0.1, -0.05) is 12.2 Å². The van der Waals surface area contributed by atoms with Crippen LogP contribution in [0.3, 0.4) is 0 Å². The van der Waals surface area contributed by atoms with Gasteiger partial charge in [0.25, 0.3) is 5.91 Å². The lowest BCUT2D eigenvalue weighted by atomic mass is 9.82. The number of carbonyl (C=O) groups is 3. The Balaban J connectivity index is 1.82. The van der Waals surface area contributed by atoms with Crippen molar-refractivity contribution in [1.82, 2.24) is 0 Å². The average molecular weight is 306 g/mol. The highest BCUT2D eigenvalue weighted by atomic mass is 32.1. The Morgan fingerprint density at radius 1 is 1.24 bits per heavy atom. The summed E-state index contributed by atoms with van der Waals surface area (Å²) in [5.74, 6) is -3.35. The molecule has 0 unspecified atom stereocenters. The third kappa shape index (κ3) is 2.23. The van der Waals surface area contributed by atoms with Crippen molar-refractivity contribution in [3.63, 3.8) is 0 Å². The van der Waals surface area contributed by atoms with E-state index in [1.165, 1.54) is 17.4 Å². The first-order chi connectivity index (χ1) is 9.99. The predicted molar refractivity (Wildman–Crippen MR) is 76.8 cm³/mol. The zero-order chi connectivity index (χ0) is 15.1. The summed E-state index contributed by atoms with van der Waals surface area (Å²) in [7, 11) is 0. The molecular formula is C14H14N2O4S. The maximum absolute atomic E-state index is 12.4. The molecule has 6 nitrogen and oxygen atoms in total. The second-order valence-corrected chi connectivity index (χ2v) is 6.27. The second kappa shape index (κ2) is 5.00. The summed E-state index contributed by atoms with van der Waals surface area (Å²) in [4.78, 5) is 35.1. The van der Waals surface area contributed by atoms with E-state index >= 15 is 0 Å². The SMILES string of the molecule is NC(=O)c1ccsc1NC(=O)[C@@H]1[C@@H](C(=O)O)[C@H]2C=C[C@H]1C2. The molecule has 1 heterocycles. The molecule has 1 fully saturated rings. The summed E-state index contributed by atoms with van der Waals surface area (Å²) in [5.41, 5.74) is 5.48. The van der Waals surface area contributed by atoms with Crippen LogP contribution in [-0.4, -0.2) is 22.9 Å². The molecule has 2 aliphatic rings. The van der Waals surface area contributed by atoms with Gasteiger partial charge in [-0.25, -0.2) is 0 Å². The van der Waals surface area contributed by atoms with Crippen LogP contribution >= 0.6 is 11.3 Å². The van der Waals surface area contributed by atoms with Crippen LogP contribution in [0.15, 0.2) is 23.6 Å². The van der Waals surface area contributed by atoms with E-state index in [0.717, 1.165) is 0 Å². The van der Waals surface area contributed by atoms with Gasteiger partial charge in [-0.15, -0.1) is 11.3 Å². The average Bonchev–Trinajstić information content (AvgIpc) is 3.11. The number of carboxylic acid groups (broad SMARTS) is 1. The molecule has 1 aromatic rings. The number of fused-ring (bicyclic) bond motifs is 2. The smallest absolute Gasteiger partial charge is 0.307 e. The van der Waals surface area contributed by atoms with E-state index in [1.54, 1.807) is 5.38 Å². The number of primary amides is 1. The fourth-order valence-corrected chi connectivity index (χ4v) is 4.11. The molecule has 4 N–H and O–H groups in total. The fraction of sp³-hybridized carbons (Fsp3) is 0.357. The molecule has 0 aromatic carbocycles. The lowest BCUT2D eigenvalue weighted by Gasteiger charge is -2.23. The maximum atomic E-state index is 12.4. The molecule has 0 aliphatic heterocycles. The first kappa shape index (κ1) is 13.8. The Morgan fingerprint density at radius 2 is 1.90 bits per heavy atom. The van der Waals surface area contributed by atoms with Gasteiger partial charge in [-0.05, 0) is 29.7 Å². The topological polar surface area (TPSA) is 109 Å². The van der Waals surface area contributed by atoms with Crippen LogP contribution in [0.1, 0.15) is 16.8 Å². The largest absolute Gasteiger partial charge is 0.481 e. The van der Waals surface area contributed by atoms with E-state index in [-0.39, 0.29) is 23.3 Å². The minimum Gasteiger partial charge on any atom is -0.481 e. The first-order valence-electron chi connectivity index (χ1n) is 6.58. The van der Waals surface area contributed by atoms with Crippen LogP contribution in [-0.2, 0) is 9.59 Å². The van der Waals surface area contributed by atoms with Gasteiger partial charge in [-0.3, -0.25) is 14.4 Å². The van der Waals surface area contributed by atoms with Crippen LogP contribution in [0.2, 0.25) is 0 Å². The highest BCUT2D eigenvalue weighted by Crippen LogP contribution is 2.48. The van der Waals surface area contributed by atoms with Crippen LogP contribution in [0.5, 0.6) is 0 Å². The van der Waals surface area contributed by atoms with E-state index in [2.05, 4.69) is 5.32 Å². The number of aliphatic carboxylic acids is 1. The highest BCUT2D eigenvalue weighted by Gasteiger charge is 2.51. The second-order valence-electron chi connectivity index (χ2n) is 5.36. The van der Waals surface area contributed by atoms with Crippen molar-refractivity contribution in [2.45, 2.75) is 6.42 Å². The number of allylic oxidation sites excluding steroid dienone is 2. The first-order valence-corrected chi connectivity index (χ1v) is 7.46. The number of anilines is 1. The Bertz CT molecular complexity index is 651. The Morgan fingerprint density at radius 3 is 2.52 bits per heavy atom. The number of amides is 2. The number of nitrogens with one attached hydrogen (secondary N) is 1. The van der Waals surface area contributed by atoms with Crippen LogP contribution in [0.25, 0.3) is 0 Å². The zero-order valence-electron chi connectivity index (χ0n) is 11.0. The normalized spacial score (nSPS) is 29.5. The maximum Gasteiger partial charge on any atom is 0.307 e. The lowest BCUT2D eigenvalue weighted by molar-refractivity contribution is -0.146. The molecule has 0 spiro atoms. The number of carboxylic acids is 1. The van der Waals surface area contributed by atoms with E-state index in [0.29, 0.717) is 11.4 Å². The van der Waals surface area contributed by atoms with Gasteiger partial charge in [-0.2, -0.15) is 0 Å². The van der Waals surface area contributed by atoms with Crippen molar-refractivity contribution in [2.24, 2.45) is 29.4 Å². The summed E-state index contributed by atoms with van der Waals surface area (Å²) >= 11 is 1.20. The Labute approximate surface area is 124 Å². The summed E-state index contributed by atoms with van der Waals surface area (Å²) in [6, 6.07) is 1.54. The highest BCUT2D eigenvalue weighted by molar-refractivity contribution is 7.14. The van der Waals surface area contributed by atoms with Crippen LogP contribution < -0.4 is 11.1 Å². The molecule has 2 aliphatic carbocycles. The number of rotatable bonds is 4. The number of nitrogens with two attached hydrogens (primary N) is 1. The predicted octanol–water partition coefficient (Wildman–Crippen LogP) is 1.31. The van der Waals surface area contributed by atoms with Crippen LogP contribution in [0, 0.1) is 23.7 Å². The molecule has 1 aromatic heterocycles. The molecule has 21 heavy (non-hydrogen) atoms. The number of hydrogen-bond donors (Lipinski definition) is 3. The molecule has 1 saturated carbocycles. The third-order valence-electron chi connectivity index (χ3n) is 4.21. The van der Waals surface area contributed by atoms with Crippen molar-refractivity contribution >= 4 is 34.1 Å². The van der Waals surface area contributed by atoms with Gasteiger partial charge in [0.1, 0.15) is 5.00 Å². The van der Waals surface area contributed by atoms with Gasteiger partial charge >= 0.3 is 5.97 Å². The number of carbonyl (C=O) groups excluding carboxylic acids is 2. The van der Waals surface area contributed by atoms with Crippen LogP contribution in [0.4, 0.5) is 5.00 Å². The standard InChI is InChI=1S/C14H14N2O4S/c15-11(17)8-3-4-21-13(8)16-12(18)9-6-1-2-7(5-6)10(9)14(19)20/h1-4,6-7,9-10H,5H2,(H2,15,17)(H,16,18)(H,19,20)/t6-,7-,9-,10-/m0/s1. The van der Waals surface area contributed by atoms with E-state index in [1.807, 2.05) is 12.2 Å². The molecule has 7 heteroatoms. The molecule has 2 bridgehead atoms. The Hall–Kier alpha value is -2.15. The minimum atomic E-state index is -0.951.